The average molecular weight is 355 g/mol. The van der Waals surface area contributed by atoms with Crippen molar-refractivity contribution in [1.82, 2.24) is 9.88 Å². The number of hydrogen-bond donors (Lipinski definition) is 2. The van der Waals surface area contributed by atoms with E-state index in [0.29, 0.717) is 31.6 Å². The zero-order valence-electron chi connectivity index (χ0n) is 14.3. The van der Waals surface area contributed by atoms with Crippen molar-refractivity contribution in [3.05, 3.63) is 54.2 Å². The summed E-state index contributed by atoms with van der Waals surface area (Å²) in [4.78, 5) is 29.8. The minimum atomic E-state index is -0.355. The normalized spacial score (nSPS) is 14.7. The Labute approximate surface area is 151 Å². The molecule has 1 aromatic carbocycles. The molecule has 1 saturated heterocycles. The molecule has 0 aliphatic carbocycles. The largest absolute Gasteiger partial charge is 0.493 e. The number of pyridine rings is 1. The van der Waals surface area contributed by atoms with Gasteiger partial charge in [0, 0.05) is 37.0 Å². The number of piperidine rings is 1. The molecule has 7 nitrogen and oxygen atoms in total. The van der Waals surface area contributed by atoms with E-state index in [4.69, 9.17) is 4.74 Å². The molecular weight excluding hydrogens is 334 g/mol. The van der Waals surface area contributed by atoms with Crippen LogP contribution in [0.4, 0.5) is 10.5 Å². The van der Waals surface area contributed by atoms with Crippen molar-refractivity contribution < 1.29 is 19.4 Å². The summed E-state index contributed by atoms with van der Waals surface area (Å²) in [7, 11) is 0. The number of rotatable bonds is 4. The average Bonchev–Trinajstić information content (AvgIpc) is 2.67. The van der Waals surface area contributed by atoms with Crippen LogP contribution in [0.15, 0.2) is 48.7 Å². The summed E-state index contributed by atoms with van der Waals surface area (Å²) in [6.45, 7) is 1.20. The molecule has 2 heterocycles. The van der Waals surface area contributed by atoms with Gasteiger partial charge in [-0.25, -0.2) is 9.78 Å². The number of likely N-dealkylation sites (tertiary alicyclic amines) is 1. The second-order valence-corrected chi connectivity index (χ2v) is 6.19. The number of nitrogens with one attached hydrogen (secondary N) is 1. The summed E-state index contributed by atoms with van der Waals surface area (Å²) in [5, 5.41) is 12.1. The number of benzene rings is 1. The van der Waals surface area contributed by atoms with Crippen LogP contribution < -0.4 is 5.32 Å². The number of ether oxygens (including phenoxy) is 1. The molecule has 3 rings (SSSR count). The van der Waals surface area contributed by atoms with Crippen LogP contribution in [0.25, 0.3) is 0 Å². The van der Waals surface area contributed by atoms with Crippen LogP contribution >= 0.6 is 0 Å². The maximum atomic E-state index is 12.3. The Balaban J connectivity index is 1.44. The Hall–Kier alpha value is -3.09. The molecule has 0 bridgehead atoms. The molecule has 2 amide bonds. The van der Waals surface area contributed by atoms with Gasteiger partial charge >= 0.3 is 6.09 Å². The van der Waals surface area contributed by atoms with Gasteiger partial charge in [0.15, 0.2) is 0 Å². The third-order valence-electron chi connectivity index (χ3n) is 4.34. The highest BCUT2D eigenvalue weighted by Gasteiger charge is 2.28. The van der Waals surface area contributed by atoms with Gasteiger partial charge in [-0.05, 0) is 24.5 Å². The first-order valence-corrected chi connectivity index (χ1v) is 8.53. The zero-order valence-corrected chi connectivity index (χ0v) is 14.3. The van der Waals surface area contributed by atoms with E-state index in [1.165, 1.54) is 12.3 Å². The Kier molecular flexibility index (Phi) is 5.68. The van der Waals surface area contributed by atoms with Crippen LogP contribution in [0.1, 0.15) is 18.4 Å². The number of nitrogens with zero attached hydrogens (tertiary/aromatic N) is 2. The maximum absolute atomic E-state index is 12.3. The van der Waals surface area contributed by atoms with Crippen molar-refractivity contribution in [2.24, 2.45) is 5.92 Å². The summed E-state index contributed by atoms with van der Waals surface area (Å²) in [5.74, 6) is -0.435. The smallest absolute Gasteiger partial charge is 0.410 e. The number of amides is 2. The second kappa shape index (κ2) is 8.33. The van der Waals surface area contributed by atoms with Crippen LogP contribution in [0.5, 0.6) is 5.88 Å². The summed E-state index contributed by atoms with van der Waals surface area (Å²) >= 11 is 0. The monoisotopic (exact) mass is 355 g/mol. The molecule has 136 valence electrons. The molecule has 0 saturated carbocycles. The molecule has 0 radical (unpaired) electrons. The summed E-state index contributed by atoms with van der Waals surface area (Å²) in [5.41, 5.74) is 1.45. The van der Waals surface area contributed by atoms with Gasteiger partial charge in [-0.3, -0.25) is 4.79 Å². The second-order valence-electron chi connectivity index (χ2n) is 6.19. The first-order valence-electron chi connectivity index (χ1n) is 8.53. The van der Waals surface area contributed by atoms with Gasteiger partial charge in [-0.1, -0.05) is 30.3 Å². The van der Waals surface area contributed by atoms with Crippen LogP contribution in [-0.4, -0.2) is 40.1 Å². The SMILES string of the molecule is O=C(Nc1ccnc(O)c1)C1CCN(C(=O)OCc2ccccc2)CC1. The predicted octanol–water partition coefficient (Wildman–Crippen LogP) is 2.77. The Morgan fingerprint density at radius 1 is 1.19 bits per heavy atom. The van der Waals surface area contributed by atoms with Crippen molar-refractivity contribution in [3.63, 3.8) is 0 Å². The number of carbonyl (C=O) groups is 2. The van der Waals surface area contributed by atoms with Crippen molar-refractivity contribution in [3.8, 4) is 5.88 Å². The molecule has 0 atom stereocenters. The number of carbonyl (C=O) groups excluding carboxylic acids is 2. The van der Waals surface area contributed by atoms with E-state index in [0.717, 1.165) is 5.56 Å². The van der Waals surface area contributed by atoms with Gasteiger partial charge in [-0.2, -0.15) is 0 Å². The standard InChI is InChI=1S/C19H21N3O4/c23-17-12-16(6-9-20-17)21-18(24)15-7-10-22(11-8-15)19(25)26-13-14-4-2-1-3-5-14/h1-6,9,12,15H,7-8,10-11,13H2,(H2,20,21,23,24). The first-order chi connectivity index (χ1) is 12.6. The van der Waals surface area contributed by atoms with Crippen LogP contribution in [0, 0.1) is 5.92 Å². The van der Waals surface area contributed by atoms with Crippen molar-refractivity contribution in [2.45, 2.75) is 19.4 Å². The van der Waals surface area contributed by atoms with Gasteiger partial charge in [-0.15, -0.1) is 0 Å². The van der Waals surface area contributed by atoms with Gasteiger partial charge in [0.1, 0.15) is 6.61 Å². The lowest BCUT2D eigenvalue weighted by molar-refractivity contribution is -0.121. The molecule has 1 fully saturated rings. The van der Waals surface area contributed by atoms with E-state index >= 15 is 0 Å². The topological polar surface area (TPSA) is 91.8 Å². The fourth-order valence-electron chi connectivity index (χ4n) is 2.88. The molecule has 1 aliphatic rings. The highest BCUT2D eigenvalue weighted by molar-refractivity contribution is 5.92. The van der Waals surface area contributed by atoms with Gasteiger partial charge in [0.05, 0.1) is 0 Å². The van der Waals surface area contributed by atoms with Crippen LogP contribution in [0.3, 0.4) is 0 Å². The van der Waals surface area contributed by atoms with Crippen LogP contribution in [0.2, 0.25) is 0 Å². The Bertz CT molecular complexity index is 758. The van der Waals surface area contributed by atoms with Gasteiger partial charge in [0.2, 0.25) is 11.8 Å². The minimum Gasteiger partial charge on any atom is -0.493 e. The summed E-state index contributed by atoms with van der Waals surface area (Å²) in [6.07, 6.45) is 2.22. The predicted molar refractivity (Wildman–Crippen MR) is 95.5 cm³/mol. The summed E-state index contributed by atoms with van der Waals surface area (Å²) < 4.78 is 5.32. The molecule has 1 aliphatic heterocycles. The number of anilines is 1. The molecule has 26 heavy (non-hydrogen) atoms. The molecule has 2 aromatic rings. The zero-order chi connectivity index (χ0) is 18.4. The van der Waals surface area contributed by atoms with E-state index in [1.54, 1.807) is 11.0 Å². The van der Waals surface area contributed by atoms with E-state index < -0.39 is 0 Å². The fraction of sp³-hybridized carbons (Fsp3) is 0.316. The fourth-order valence-corrected chi connectivity index (χ4v) is 2.88. The number of hydrogen-bond acceptors (Lipinski definition) is 5. The van der Waals surface area contributed by atoms with Crippen molar-refractivity contribution in [2.75, 3.05) is 18.4 Å². The highest BCUT2D eigenvalue weighted by atomic mass is 16.6. The highest BCUT2D eigenvalue weighted by Crippen LogP contribution is 2.21. The molecule has 1 aromatic heterocycles. The lowest BCUT2D eigenvalue weighted by atomic mass is 9.96. The third-order valence-corrected chi connectivity index (χ3v) is 4.34. The minimum absolute atomic E-state index is 0.118. The number of aromatic hydroxyl groups is 1. The van der Waals surface area contributed by atoms with E-state index in [2.05, 4.69) is 10.3 Å². The molecule has 2 N–H and O–H groups in total. The quantitative estimate of drug-likeness (QED) is 0.880. The lowest BCUT2D eigenvalue weighted by Crippen LogP contribution is -2.41. The first kappa shape index (κ1) is 17.7. The maximum Gasteiger partial charge on any atom is 0.410 e. The van der Waals surface area contributed by atoms with Crippen LogP contribution in [-0.2, 0) is 16.1 Å². The van der Waals surface area contributed by atoms with Gasteiger partial charge in [0.25, 0.3) is 0 Å². The van der Waals surface area contributed by atoms with Crippen molar-refractivity contribution >= 4 is 17.7 Å². The molecule has 0 spiro atoms. The number of aromatic nitrogens is 1. The third kappa shape index (κ3) is 4.72. The van der Waals surface area contributed by atoms with Crippen molar-refractivity contribution in [1.29, 1.82) is 0 Å². The van der Waals surface area contributed by atoms with Gasteiger partial charge < -0.3 is 20.1 Å². The van der Waals surface area contributed by atoms with E-state index in [9.17, 15) is 14.7 Å². The van der Waals surface area contributed by atoms with E-state index in [-0.39, 0.29) is 30.4 Å². The van der Waals surface area contributed by atoms with E-state index in [1.807, 2.05) is 30.3 Å². The lowest BCUT2D eigenvalue weighted by Gasteiger charge is -2.30. The Morgan fingerprint density at radius 3 is 2.62 bits per heavy atom. The summed E-state index contributed by atoms with van der Waals surface area (Å²) in [6, 6.07) is 12.5. The molecule has 0 unspecified atom stereocenters. The Morgan fingerprint density at radius 2 is 1.92 bits per heavy atom. The molecule has 7 heteroatoms. The molecular formula is C19H21N3O4.